The molecule has 2 aliphatic heterocycles. The number of carbonyl (C=O) groups excluding carboxylic acids is 1. The second kappa shape index (κ2) is 7.03. The number of allylic oxidation sites excluding steroid dienone is 1. The van der Waals surface area contributed by atoms with Gasteiger partial charge in [-0.2, -0.15) is 0 Å². The van der Waals surface area contributed by atoms with E-state index in [4.69, 9.17) is 18.9 Å². The number of ether oxygens (including phenoxy) is 4. The summed E-state index contributed by atoms with van der Waals surface area (Å²) in [6, 6.07) is 0. The van der Waals surface area contributed by atoms with E-state index in [-0.39, 0.29) is 41.7 Å². The topological polar surface area (TPSA) is 74.2 Å². The van der Waals surface area contributed by atoms with E-state index in [2.05, 4.69) is 27.4 Å². The summed E-state index contributed by atoms with van der Waals surface area (Å²) in [5, 5.41) is 11.8. The second-order valence-corrected chi connectivity index (χ2v) is 10.8. The molecule has 0 aromatic rings. The largest absolute Gasteiger partial charge is 0.463 e. The highest BCUT2D eigenvalue weighted by Gasteiger charge is 2.86. The summed E-state index contributed by atoms with van der Waals surface area (Å²) < 4.78 is 24.6. The molecule has 170 valence electrons. The maximum absolute atomic E-state index is 11.8. The van der Waals surface area contributed by atoms with E-state index in [1.165, 1.54) is 6.92 Å². The quantitative estimate of drug-likeness (QED) is 0.522. The Morgan fingerprint density at radius 3 is 2.63 bits per heavy atom. The number of esters is 1. The highest BCUT2D eigenvalue weighted by molar-refractivity contribution is 5.66. The predicted molar refractivity (Wildman–Crippen MR) is 112 cm³/mol. The normalized spacial score (nSPS) is 50.8. The maximum Gasteiger partial charge on any atom is 0.302 e. The molecule has 0 radical (unpaired) electrons. The van der Waals surface area contributed by atoms with Gasteiger partial charge in [0.05, 0.1) is 17.8 Å². The molecule has 4 fully saturated rings. The first-order chi connectivity index (χ1) is 14.0. The molecule has 2 heterocycles. The molecule has 4 rings (SSSR count). The Hall–Kier alpha value is -0.950. The summed E-state index contributed by atoms with van der Waals surface area (Å²) in [7, 11) is 0. The van der Waals surface area contributed by atoms with Crippen LogP contribution in [-0.2, 0) is 23.7 Å². The highest BCUT2D eigenvalue weighted by atomic mass is 16.7. The van der Waals surface area contributed by atoms with Gasteiger partial charge in [-0.1, -0.05) is 26.8 Å². The summed E-state index contributed by atoms with van der Waals surface area (Å²) >= 11 is 0. The number of fused-ring (bicyclic) bond motifs is 2. The van der Waals surface area contributed by atoms with E-state index in [1.54, 1.807) is 0 Å². The van der Waals surface area contributed by atoms with Crippen molar-refractivity contribution in [1.82, 2.24) is 0 Å². The molecule has 0 unspecified atom stereocenters. The zero-order valence-corrected chi connectivity index (χ0v) is 19.3. The third-order valence-electron chi connectivity index (χ3n) is 8.71. The van der Waals surface area contributed by atoms with Crippen molar-refractivity contribution in [2.24, 2.45) is 28.6 Å². The predicted octanol–water partition coefficient (Wildman–Crippen LogP) is 3.46. The van der Waals surface area contributed by atoms with Gasteiger partial charge in [0.2, 0.25) is 0 Å². The fourth-order valence-electron chi connectivity index (χ4n) is 7.50. The van der Waals surface area contributed by atoms with Gasteiger partial charge in [-0.05, 0) is 38.5 Å². The summed E-state index contributed by atoms with van der Waals surface area (Å²) in [5.74, 6) is 0.125. The Bertz CT molecular complexity index is 720. The van der Waals surface area contributed by atoms with Crippen LogP contribution in [0.2, 0.25) is 0 Å². The number of aliphatic hydroxyl groups is 1. The number of rotatable bonds is 6. The molecular formula is C24H38O6. The first kappa shape index (κ1) is 22.3. The molecule has 2 saturated carbocycles. The number of hydrogen-bond acceptors (Lipinski definition) is 6. The monoisotopic (exact) mass is 422 g/mol. The van der Waals surface area contributed by atoms with Crippen LogP contribution in [0.25, 0.3) is 0 Å². The lowest BCUT2D eigenvalue weighted by atomic mass is 9.60. The molecule has 9 atom stereocenters. The Morgan fingerprint density at radius 1 is 1.33 bits per heavy atom. The maximum atomic E-state index is 11.8. The minimum atomic E-state index is -0.953. The molecule has 1 spiro atoms. The van der Waals surface area contributed by atoms with Crippen LogP contribution < -0.4 is 0 Å². The third-order valence-corrected chi connectivity index (χ3v) is 8.71. The SMILES string of the molecule is C=CC[C@@]12C[C@H](OCC)O[C@H]1[C@@H](C)C[C@H]1C(C)(C)[C@]13O[C@](C)(COC(C)=O)[C@@H](O)[C@H]23. The van der Waals surface area contributed by atoms with Gasteiger partial charge in [0.1, 0.15) is 12.2 Å². The van der Waals surface area contributed by atoms with Crippen LogP contribution in [0.5, 0.6) is 0 Å². The van der Waals surface area contributed by atoms with Crippen LogP contribution in [0, 0.1) is 28.6 Å². The molecule has 6 heteroatoms. The van der Waals surface area contributed by atoms with Gasteiger partial charge < -0.3 is 24.1 Å². The highest BCUT2D eigenvalue weighted by Crippen LogP contribution is 2.80. The fraction of sp³-hybridized carbons (Fsp3) is 0.875. The molecule has 1 N–H and O–H groups in total. The van der Waals surface area contributed by atoms with Crippen LogP contribution in [0.1, 0.15) is 60.8 Å². The summed E-state index contributed by atoms with van der Waals surface area (Å²) in [6.45, 7) is 16.7. The van der Waals surface area contributed by atoms with Crippen LogP contribution in [0.4, 0.5) is 0 Å². The standard InChI is InChI=1S/C24H38O6/c1-8-10-23-12-17(27-9-2)29-20(23)14(3)11-16-21(5,6)24(16)18(23)19(26)22(7,30-24)13-28-15(4)25/h8,14,16-20,26H,1,9-13H2,2-7H3/t14-,16-,17+,18+,19-,20-,22+,23-,24-/m0/s1. The van der Waals surface area contributed by atoms with Crippen LogP contribution in [0.15, 0.2) is 12.7 Å². The van der Waals surface area contributed by atoms with Crippen molar-refractivity contribution in [3.05, 3.63) is 12.7 Å². The Labute approximate surface area is 180 Å². The Balaban J connectivity index is 1.82. The van der Waals surface area contributed by atoms with Crippen LogP contribution in [0.3, 0.4) is 0 Å². The van der Waals surface area contributed by atoms with Gasteiger partial charge in [0.15, 0.2) is 6.29 Å². The lowest BCUT2D eigenvalue weighted by Crippen LogP contribution is -2.52. The second-order valence-electron chi connectivity index (χ2n) is 10.8. The first-order valence-electron chi connectivity index (χ1n) is 11.4. The van der Waals surface area contributed by atoms with Crippen molar-refractivity contribution in [3.63, 3.8) is 0 Å². The van der Waals surface area contributed by atoms with Crippen molar-refractivity contribution in [2.75, 3.05) is 13.2 Å². The molecular weight excluding hydrogens is 384 g/mol. The minimum absolute atomic E-state index is 0.0353. The van der Waals surface area contributed by atoms with Gasteiger partial charge in [-0.3, -0.25) is 4.79 Å². The Kier molecular flexibility index (Phi) is 5.21. The van der Waals surface area contributed by atoms with Gasteiger partial charge in [0.25, 0.3) is 0 Å². The molecule has 0 aromatic heterocycles. The average Bonchev–Trinajstić information content (AvgIpc) is 2.93. The average molecular weight is 423 g/mol. The molecule has 2 aliphatic carbocycles. The Morgan fingerprint density at radius 2 is 2.03 bits per heavy atom. The summed E-state index contributed by atoms with van der Waals surface area (Å²) in [5.41, 5.74) is -1.84. The lowest BCUT2D eigenvalue weighted by Gasteiger charge is -2.44. The molecule has 30 heavy (non-hydrogen) atoms. The summed E-state index contributed by atoms with van der Waals surface area (Å²) in [6.07, 6.45) is 3.26. The molecule has 0 amide bonds. The van der Waals surface area contributed by atoms with Gasteiger partial charge in [-0.15, -0.1) is 6.58 Å². The van der Waals surface area contributed by atoms with Crippen LogP contribution >= 0.6 is 0 Å². The van der Waals surface area contributed by atoms with Crippen molar-refractivity contribution in [2.45, 2.75) is 90.5 Å². The number of aliphatic hydroxyl groups excluding tert-OH is 1. The fourth-order valence-corrected chi connectivity index (χ4v) is 7.50. The number of hydrogen-bond donors (Lipinski definition) is 1. The van der Waals surface area contributed by atoms with E-state index >= 15 is 0 Å². The number of carbonyl (C=O) groups is 1. The van der Waals surface area contributed by atoms with E-state index in [0.29, 0.717) is 24.9 Å². The molecule has 0 bridgehead atoms. The van der Waals surface area contributed by atoms with Crippen molar-refractivity contribution in [1.29, 1.82) is 0 Å². The van der Waals surface area contributed by atoms with E-state index in [1.807, 2.05) is 19.9 Å². The van der Waals surface area contributed by atoms with Gasteiger partial charge in [0, 0.05) is 36.7 Å². The minimum Gasteiger partial charge on any atom is -0.463 e. The van der Waals surface area contributed by atoms with Crippen molar-refractivity contribution >= 4 is 5.97 Å². The van der Waals surface area contributed by atoms with E-state index in [9.17, 15) is 9.90 Å². The smallest absolute Gasteiger partial charge is 0.302 e. The summed E-state index contributed by atoms with van der Waals surface area (Å²) in [4.78, 5) is 11.5. The first-order valence-corrected chi connectivity index (χ1v) is 11.4. The van der Waals surface area contributed by atoms with E-state index in [0.717, 1.165) is 12.8 Å². The zero-order chi connectivity index (χ0) is 22.1. The zero-order valence-electron chi connectivity index (χ0n) is 19.3. The molecule has 0 aromatic carbocycles. The van der Waals surface area contributed by atoms with Crippen molar-refractivity contribution in [3.8, 4) is 0 Å². The van der Waals surface area contributed by atoms with Gasteiger partial charge >= 0.3 is 5.97 Å². The molecule has 2 saturated heterocycles. The third kappa shape index (κ3) is 2.73. The van der Waals surface area contributed by atoms with Crippen molar-refractivity contribution < 1.29 is 28.8 Å². The van der Waals surface area contributed by atoms with Crippen LogP contribution in [-0.4, -0.2) is 54.0 Å². The molecule has 4 aliphatic rings. The lowest BCUT2D eigenvalue weighted by molar-refractivity contribution is -0.161. The van der Waals surface area contributed by atoms with E-state index < -0.39 is 17.3 Å². The van der Waals surface area contributed by atoms with Gasteiger partial charge in [-0.25, -0.2) is 0 Å². The molecule has 6 nitrogen and oxygen atoms in total.